The molecule has 1 aliphatic rings. The lowest BCUT2D eigenvalue weighted by molar-refractivity contribution is 0.0690. The predicted molar refractivity (Wildman–Crippen MR) is 57.1 cm³/mol. The second-order valence-electron chi connectivity index (χ2n) is 4.91. The van der Waals surface area contributed by atoms with Gasteiger partial charge in [0, 0.05) is 12.0 Å². The summed E-state index contributed by atoms with van der Waals surface area (Å²) in [6, 6.07) is 0. The summed E-state index contributed by atoms with van der Waals surface area (Å²) in [5.41, 5.74) is -0.362. The van der Waals surface area contributed by atoms with Crippen LogP contribution in [-0.2, 0) is 0 Å². The highest BCUT2D eigenvalue weighted by Crippen LogP contribution is 2.24. The molecule has 0 unspecified atom stereocenters. The van der Waals surface area contributed by atoms with Crippen molar-refractivity contribution in [2.24, 2.45) is 11.3 Å². The summed E-state index contributed by atoms with van der Waals surface area (Å²) in [5.74, 6) is 0.816. The van der Waals surface area contributed by atoms with E-state index in [1.807, 2.05) is 6.92 Å². The molecule has 0 aromatic heterocycles. The molecule has 0 spiro atoms. The molecule has 14 heavy (non-hydrogen) atoms. The number of hydrogen-bond acceptors (Lipinski definition) is 3. The van der Waals surface area contributed by atoms with E-state index in [1.54, 1.807) is 0 Å². The fraction of sp³-hybridized carbons (Fsp3) is 1.00. The van der Waals surface area contributed by atoms with Crippen LogP contribution in [0.1, 0.15) is 32.6 Å². The minimum Gasteiger partial charge on any atom is -0.396 e. The van der Waals surface area contributed by atoms with Crippen molar-refractivity contribution in [2.75, 3.05) is 26.3 Å². The van der Waals surface area contributed by atoms with Gasteiger partial charge in [-0.1, -0.05) is 19.8 Å². The van der Waals surface area contributed by atoms with Gasteiger partial charge in [-0.25, -0.2) is 0 Å². The molecule has 0 aromatic rings. The van der Waals surface area contributed by atoms with Crippen molar-refractivity contribution in [3.05, 3.63) is 0 Å². The molecule has 0 radical (unpaired) electrons. The third-order valence-electron chi connectivity index (χ3n) is 3.22. The highest BCUT2D eigenvalue weighted by atomic mass is 16.3. The van der Waals surface area contributed by atoms with Crippen LogP contribution in [0.25, 0.3) is 0 Å². The first-order chi connectivity index (χ1) is 6.70. The largest absolute Gasteiger partial charge is 0.396 e. The van der Waals surface area contributed by atoms with E-state index in [4.69, 9.17) is 10.2 Å². The molecule has 1 saturated carbocycles. The minimum absolute atomic E-state index is 0.0428. The van der Waals surface area contributed by atoms with Crippen LogP contribution in [0.15, 0.2) is 0 Å². The smallest absolute Gasteiger partial charge is 0.0518 e. The molecule has 1 rings (SSSR count). The Bertz CT molecular complexity index is 151. The number of hydrogen-bond donors (Lipinski definition) is 3. The number of rotatable bonds is 6. The molecule has 1 fully saturated rings. The Hall–Kier alpha value is -0.120. The first-order valence-corrected chi connectivity index (χ1v) is 5.62. The molecule has 3 nitrogen and oxygen atoms in total. The van der Waals surface area contributed by atoms with Crippen LogP contribution < -0.4 is 5.32 Å². The number of aliphatic hydroxyl groups excluding tert-OH is 2. The summed E-state index contributed by atoms with van der Waals surface area (Å²) in [7, 11) is 0. The standard InChI is InChI=1S/C11H23NO2/c1-11(8-13,9-14)7-12-6-10-4-2-3-5-10/h10,12-14H,2-9H2,1H3. The first kappa shape index (κ1) is 12.0. The summed E-state index contributed by atoms with van der Waals surface area (Å²) in [5, 5.41) is 21.5. The minimum atomic E-state index is -0.362. The topological polar surface area (TPSA) is 52.5 Å². The van der Waals surface area contributed by atoms with Crippen molar-refractivity contribution in [3.8, 4) is 0 Å². The zero-order valence-electron chi connectivity index (χ0n) is 9.13. The molecule has 0 saturated heterocycles. The molecule has 0 aliphatic heterocycles. The van der Waals surface area contributed by atoms with Gasteiger partial charge in [-0.05, 0) is 25.3 Å². The van der Waals surface area contributed by atoms with E-state index in [1.165, 1.54) is 25.7 Å². The average molecular weight is 201 g/mol. The Morgan fingerprint density at radius 1 is 1.21 bits per heavy atom. The van der Waals surface area contributed by atoms with Crippen LogP contribution >= 0.6 is 0 Å². The molecule has 3 heteroatoms. The Morgan fingerprint density at radius 2 is 1.79 bits per heavy atom. The van der Waals surface area contributed by atoms with E-state index in [0.29, 0.717) is 6.54 Å². The van der Waals surface area contributed by atoms with Crippen LogP contribution in [0, 0.1) is 11.3 Å². The Kier molecular flexibility index (Phi) is 4.85. The van der Waals surface area contributed by atoms with Gasteiger partial charge in [0.25, 0.3) is 0 Å². The fourth-order valence-electron chi connectivity index (χ4n) is 1.95. The first-order valence-electron chi connectivity index (χ1n) is 5.62. The van der Waals surface area contributed by atoms with Gasteiger partial charge in [-0.15, -0.1) is 0 Å². The Balaban J connectivity index is 2.12. The lowest BCUT2D eigenvalue weighted by Gasteiger charge is -2.25. The predicted octanol–water partition coefficient (Wildman–Crippen LogP) is 0.757. The van der Waals surface area contributed by atoms with Crippen molar-refractivity contribution in [1.82, 2.24) is 5.32 Å². The lowest BCUT2D eigenvalue weighted by atomic mass is 9.93. The molecule has 0 atom stereocenters. The van der Waals surface area contributed by atoms with Gasteiger partial charge in [0.1, 0.15) is 0 Å². The summed E-state index contributed by atoms with van der Waals surface area (Å²) < 4.78 is 0. The van der Waals surface area contributed by atoms with E-state index < -0.39 is 0 Å². The second kappa shape index (κ2) is 5.69. The lowest BCUT2D eigenvalue weighted by Crippen LogP contribution is -2.39. The van der Waals surface area contributed by atoms with Gasteiger partial charge in [0.05, 0.1) is 13.2 Å². The second-order valence-corrected chi connectivity index (χ2v) is 4.91. The Morgan fingerprint density at radius 3 is 2.29 bits per heavy atom. The van der Waals surface area contributed by atoms with Crippen LogP contribution in [0.5, 0.6) is 0 Å². The SMILES string of the molecule is CC(CO)(CO)CNCC1CCCC1. The van der Waals surface area contributed by atoms with Gasteiger partial charge in [-0.3, -0.25) is 0 Å². The maximum Gasteiger partial charge on any atom is 0.0518 e. The third kappa shape index (κ3) is 3.56. The monoisotopic (exact) mass is 201 g/mol. The third-order valence-corrected chi connectivity index (χ3v) is 3.22. The normalized spacial score (nSPS) is 19.1. The summed E-state index contributed by atoms with van der Waals surface area (Å²) >= 11 is 0. The van der Waals surface area contributed by atoms with Crippen LogP contribution in [0.3, 0.4) is 0 Å². The van der Waals surface area contributed by atoms with Gasteiger partial charge in [0.15, 0.2) is 0 Å². The van der Waals surface area contributed by atoms with Crippen LogP contribution in [0.4, 0.5) is 0 Å². The average Bonchev–Trinajstić information content (AvgIpc) is 2.70. The maximum atomic E-state index is 9.08. The van der Waals surface area contributed by atoms with E-state index in [2.05, 4.69) is 5.32 Å². The zero-order chi connectivity index (χ0) is 10.4. The van der Waals surface area contributed by atoms with Crippen molar-refractivity contribution in [1.29, 1.82) is 0 Å². The molecule has 0 amide bonds. The summed E-state index contributed by atoms with van der Waals surface area (Å²) in [4.78, 5) is 0. The fourth-order valence-corrected chi connectivity index (χ4v) is 1.95. The number of nitrogens with one attached hydrogen (secondary N) is 1. The molecule has 84 valence electrons. The van der Waals surface area contributed by atoms with E-state index in [9.17, 15) is 0 Å². The van der Waals surface area contributed by atoms with E-state index >= 15 is 0 Å². The van der Waals surface area contributed by atoms with Gasteiger partial charge < -0.3 is 15.5 Å². The molecule has 0 aromatic carbocycles. The van der Waals surface area contributed by atoms with Crippen molar-refractivity contribution >= 4 is 0 Å². The van der Waals surface area contributed by atoms with Gasteiger partial charge >= 0.3 is 0 Å². The molecule has 3 N–H and O–H groups in total. The van der Waals surface area contributed by atoms with Gasteiger partial charge in [-0.2, -0.15) is 0 Å². The molecule has 1 aliphatic carbocycles. The van der Waals surface area contributed by atoms with Crippen molar-refractivity contribution in [2.45, 2.75) is 32.6 Å². The van der Waals surface area contributed by atoms with Crippen LogP contribution in [0.2, 0.25) is 0 Å². The highest BCUT2D eigenvalue weighted by molar-refractivity contribution is 4.77. The summed E-state index contributed by atoms with van der Waals surface area (Å²) in [6.45, 7) is 3.73. The molecule has 0 heterocycles. The molecule has 0 bridgehead atoms. The highest BCUT2D eigenvalue weighted by Gasteiger charge is 2.22. The van der Waals surface area contributed by atoms with Crippen LogP contribution in [-0.4, -0.2) is 36.5 Å². The molecular weight excluding hydrogens is 178 g/mol. The zero-order valence-corrected chi connectivity index (χ0v) is 9.13. The van der Waals surface area contributed by atoms with Crippen molar-refractivity contribution in [3.63, 3.8) is 0 Å². The summed E-state index contributed by atoms with van der Waals surface area (Å²) in [6.07, 6.45) is 5.40. The van der Waals surface area contributed by atoms with E-state index in [0.717, 1.165) is 12.5 Å². The quantitative estimate of drug-likeness (QED) is 0.594. The Labute approximate surface area is 86.5 Å². The van der Waals surface area contributed by atoms with E-state index in [-0.39, 0.29) is 18.6 Å². The van der Waals surface area contributed by atoms with Gasteiger partial charge in [0.2, 0.25) is 0 Å². The molecular formula is C11H23NO2. The van der Waals surface area contributed by atoms with Crippen molar-refractivity contribution < 1.29 is 10.2 Å². The number of aliphatic hydroxyl groups is 2. The maximum absolute atomic E-state index is 9.08.